The zero-order valence-electron chi connectivity index (χ0n) is 14.4. The van der Waals surface area contributed by atoms with E-state index in [0.29, 0.717) is 6.42 Å². The molecule has 1 heterocycles. The molecule has 5 nitrogen and oxygen atoms in total. The van der Waals surface area contributed by atoms with Gasteiger partial charge in [-0.1, -0.05) is 39.0 Å². The van der Waals surface area contributed by atoms with E-state index in [4.69, 9.17) is 4.74 Å². The molecule has 0 saturated heterocycles. The smallest absolute Gasteiger partial charge is 0.200 e. The number of hydrogen-bond donors (Lipinski definition) is 0. The van der Waals surface area contributed by atoms with Crippen molar-refractivity contribution in [3.8, 4) is 5.75 Å². The number of carbonyl (C=O) groups excluding carboxylic acids is 1. The Bertz CT molecular complexity index is 737. The van der Waals surface area contributed by atoms with Crippen LogP contribution < -0.4 is 4.74 Å². The van der Waals surface area contributed by atoms with Crippen molar-refractivity contribution in [2.45, 2.75) is 33.2 Å². The van der Waals surface area contributed by atoms with Crippen LogP contribution in [0.4, 0.5) is 8.78 Å². The van der Waals surface area contributed by atoms with Crippen molar-refractivity contribution in [3.05, 3.63) is 54.6 Å². The number of ether oxygens (including phenoxy) is 1. The van der Waals surface area contributed by atoms with Crippen molar-refractivity contribution < 1.29 is 18.3 Å². The number of rotatable bonds is 7. The normalized spacial score (nSPS) is 13.2. The number of carbonyl (C=O) groups is 1. The van der Waals surface area contributed by atoms with Gasteiger partial charge in [-0.3, -0.25) is 4.79 Å². The Labute approximate surface area is 145 Å². The van der Waals surface area contributed by atoms with Gasteiger partial charge < -0.3 is 4.74 Å². The Balaban J connectivity index is 1.97. The second-order valence-corrected chi connectivity index (χ2v) is 6.58. The number of allylic oxidation sites excluding steroid dienone is 1. The summed E-state index contributed by atoms with van der Waals surface area (Å²) < 4.78 is 33.3. The van der Waals surface area contributed by atoms with Crippen LogP contribution in [0.5, 0.6) is 5.75 Å². The first kappa shape index (κ1) is 18.8. The van der Waals surface area contributed by atoms with Gasteiger partial charge in [0.15, 0.2) is 17.3 Å². The second kappa shape index (κ2) is 8.00. The maximum Gasteiger partial charge on any atom is 0.200 e. The average molecular weight is 349 g/mol. The van der Waals surface area contributed by atoms with E-state index in [-0.39, 0.29) is 18.1 Å². The third kappa shape index (κ3) is 4.95. The molecule has 2 aromatic rings. The zero-order chi connectivity index (χ0) is 18.4. The molecule has 2 rings (SSSR count). The first-order valence-electron chi connectivity index (χ1n) is 7.91. The summed E-state index contributed by atoms with van der Waals surface area (Å²) in [6, 6.07) is 3.27. The first-order chi connectivity index (χ1) is 11.8. The predicted octanol–water partition coefficient (Wildman–Crippen LogP) is 3.74. The van der Waals surface area contributed by atoms with Crippen molar-refractivity contribution in [1.82, 2.24) is 14.8 Å². The Hall–Kier alpha value is -2.57. The van der Waals surface area contributed by atoms with Crippen molar-refractivity contribution in [1.29, 1.82) is 0 Å². The SMILES string of the molecule is CC(C)(C)C(=O)C(CC=CCOc1cccc(F)c1F)n1cncn1. The molecule has 0 N–H and O–H groups in total. The van der Waals surface area contributed by atoms with Crippen LogP contribution in [0, 0.1) is 17.0 Å². The van der Waals surface area contributed by atoms with Crippen molar-refractivity contribution >= 4 is 5.78 Å². The van der Waals surface area contributed by atoms with Gasteiger partial charge in [-0.25, -0.2) is 14.1 Å². The molecule has 0 amide bonds. The highest BCUT2D eigenvalue weighted by molar-refractivity contribution is 5.87. The summed E-state index contributed by atoms with van der Waals surface area (Å²) >= 11 is 0. The van der Waals surface area contributed by atoms with E-state index in [1.54, 1.807) is 12.2 Å². The van der Waals surface area contributed by atoms with E-state index in [9.17, 15) is 13.6 Å². The molecule has 0 aliphatic carbocycles. The molecule has 1 aromatic heterocycles. The molecule has 1 atom stereocenters. The van der Waals surface area contributed by atoms with E-state index in [1.165, 1.54) is 29.5 Å². The number of benzene rings is 1. The van der Waals surface area contributed by atoms with Crippen LogP contribution >= 0.6 is 0 Å². The van der Waals surface area contributed by atoms with Gasteiger partial charge in [-0.2, -0.15) is 9.49 Å². The lowest BCUT2D eigenvalue weighted by atomic mass is 9.85. The monoisotopic (exact) mass is 349 g/mol. The van der Waals surface area contributed by atoms with Gasteiger partial charge in [0, 0.05) is 5.41 Å². The largest absolute Gasteiger partial charge is 0.486 e. The Morgan fingerprint density at radius 2 is 2.08 bits per heavy atom. The summed E-state index contributed by atoms with van der Waals surface area (Å²) in [4.78, 5) is 16.5. The van der Waals surface area contributed by atoms with Gasteiger partial charge in [0.05, 0.1) is 0 Å². The van der Waals surface area contributed by atoms with Crippen LogP contribution in [0.3, 0.4) is 0 Å². The van der Waals surface area contributed by atoms with Crippen molar-refractivity contribution in [2.75, 3.05) is 6.61 Å². The Morgan fingerprint density at radius 1 is 1.32 bits per heavy atom. The summed E-state index contributed by atoms with van der Waals surface area (Å²) in [5.74, 6) is -2.09. The van der Waals surface area contributed by atoms with Crippen LogP contribution in [-0.2, 0) is 4.79 Å². The van der Waals surface area contributed by atoms with Crippen molar-refractivity contribution in [3.63, 3.8) is 0 Å². The minimum Gasteiger partial charge on any atom is -0.486 e. The summed E-state index contributed by atoms with van der Waals surface area (Å²) in [6.07, 6.45) is 6.69. The number of nitrogens with zero attached hydrogens (tertiary/aromatic N) is 3. The molecule has 0 aliphatic heterocycles. The summed E-state index contributed by atoms with van der Waals surface area (Å²) in [5, 5.41) is 4.05. The fourth-order valence-corrected chi connectivity index (χ4v) is 2.24. The average Bonchev–Trinajstić information content (AvgIpc) is 3.07. The quantitative estimate of drug-likeness (QED) is 0.715. The lowest BCUT2D eigenvalue weighted by molar-refractivity contribution is -0.129. The molecule has 0 saturated carbocycles. The minimum absolute atomic E-state index is 0.0275. The predicted molar refractivity (Wildman–Crippen MR) is 89.1 cm³/mol. The summed E-state index contributed by atoms with van der Waals surface area (Å²) in [7, 11) is 0. The van der Waals surface area contributed by atoms with Gasteiger partial charge in [-0.15, -0.1) is 0 Å². The van der Waals surface area contributed by atoms with E-state index in [2.05, 4.69) is 10.1 Å². The van der Waals surface area contributed by atoms with Crippen LogP contribution in [0.2, 0.25) is 0 Å². The first-order valence-corrected chi connectivity index (χ1v) is 7.91. The molecule has 0 aliphatic rings. The molecule has 1 aromatic carbocycles. The summed E-state index contributed by atoms with van der Waals surface area (Å²) in [6.45, 7) is 5.60. The van der Waals surface area contributed by atoms with Gasteiger partial charge in [0.1, 0.15) is 25.3 Å². The number of hydrogen-bond acceptors (Lipinski definition) is 4. The van der Waals surface area contributed by atoms with Gasteiger partial charge in [-0.05, 0) is 18.6 Å². The van der Waals surface area contributed by atoms with E-state index >= 15 is 0 Å². The van der Waals surface area contributed by atoms with Gasteiger partial charge in [0.25, 0.3) is 0 Å². The number of aromatic nitrogens is 3. The Kier molecular flexibility index (Phi) is 6.01. The molecular weight excluding hydrogens is 328 g/mol. The molecular formula is C18H21F2N3O2. The third-order valence-corrected chi connectivity index (χ3v) is 3.58. The molecule has 0 radical (unpaired) electrons. The van der Waals surface area contributed by atoms with E-state index in [1.807, 2.05) is 20.8 Å². The molecule has 0 fully saturated rings. The second-order valence-electron chi connectivity index (χ2n) is 6.58. The summed E-state index contributed by atoms with van der Waals surface area (Å²) in [5.41, 5.74) is -0.522. The standard InChI is InChI=1S/C18H21F2N3O2/c1-18(2,3)17(24)14(23-12-21-11-22-23)8-4-5-10-25-15-9-6-7-13(19)16(15)20/h4-7,9,11-12,14H,8,10H2,1-3H3. The molecule has 1 unspecified atom stereocenters. The zero-order valence-corrected chi connectivity index (χ0v) is 14.4. The van der Waals surface area contributed by atoms with Crippen LogP contribution in [0.1, 0.15) is 33.2 Å². The van der Waals surface area contributed by atoms with Crippen molar-refractivity contribution in [2.24, 2.45) is 5.41 Å². The number of Topliss-reactive ketones (excluding diaryl/α,β-unsaturated/α-hetero) is 1. The van der Waals surface area contributed by atoms with E-state index in [0.717, 1.165) is 6.07 Å². The lowest BCUT2D eigenvalue weighted by Crippen LogP contribution is -2.30. The maximum absolute atomic E-state index is 13.5. The minimum atomic E-state index is -1.01. The van der Waals surface area contributed by atoms with Gasteiger partial charge in [0.2, 0.25) is 5.82 Å². The Morgan fingerprint density at radius 3 is 2.72 bits per heavy atom. The fraction of sp³-hybridized carbons (Fsp3) is 0.389. The molecule has 25 heavy (non-hydrogen) atoms. The fourth-order valence-electron chi connectivity index (χ4n) is 2.24. The third-order valence-electron chi connectivity index (χ3n) is 3.58. The van der Waals surface area contributed by atoms with E-state index < -0.39 is 23.1 Å². The number of halogens is 2. The molecule has 0 spiro atoms. The molecule has 0 bridgehead atoms. The van der Waals surface area contributed by atoms with Gasteiger partial charge >= 0.3 is 0 Å². The highest BCUT2D eigenvalue weighted by Crippen LogP contribution is 2.25. The van der Waals surface area contributed by atoms with Crippen LogP contribution in [0.25, 0.3) is 0 Å². The topological polar surface area (TPSA) is 57.0 Å². The molecule has 7 heteroatoms. The molecule has 134 valence electrons. The highest BCUT2D eigenvalue weighted by Gasteiger charge is 2.30. The number of ketones is 1. The maximum atomic E-state index is 13.5. The van der Waals surface area contributed by atoms with Crippen LogP contribution in [0.15, 0.2) is 43.0 Å². The van der Waals surface area contributed by atoms with Crippen LogP contribution in [-0.4, -0.2) is 27.2 Å². The highest BCUT2D eigenvalue weighted by atomic mass is 19.2. The lowest BCUT2D eigenvalue weighted by Gasteiger charge is -2.23.